The van der Waals surface area contributed by atoms with Crippen molar-refractivity contribution in [3.05, 3.63) is 0 Å². The van der Waals surface area contributed by atoms with Gasteiger partial charge in [-0.25, -0.2) is 4.79 Å². The Morgan fingerprint density at radius 2 is 0.946 bits per heavy atom. The molecule has 7 heteroatoms. The summed E-state index contributed by atoms with van der Waals surface area (Å²) in [6, 6.07) is 0. The fourth-order valence-corrected chi connectivity index (χ4v) is 7.42. The molecule has 0 spiro atoms. The largest absolute Gasteiger partial charge is 0.481 e. The molecule has 0 saturated heterocycles. The Kier molecular flexibility index (Phi) is 11.9. The van der Waals surface area contributed by atoms with E-state index in [9.17, 15) is 34.8 Å². The van der Waals surface area contributed by atoms with Crippen molar-refractivity contribution in [2.24, 2.45) is 45.3 Å². The van der Waals surface area contributed by atoms with Gasteiger partial charge in [0.25, 0.3) is 0 Å². The molecule has 5 atom stereocenters. The molecule has 0 aliphatic rings. The summed E-state index contributed by atoms with van der Waals surface area (Å²) in [6.07, 6.45) is 2.45. The third-order valence-corrected chi connectivity index (χ3v) is 10.4. The summed E-state index contributed by atoms with van der Waals surface area (Å²) in [4.78, 5) is 40.4. The maximum Gasteiger partial charge on any atom is 0.337 e. The highest BCUT2D eigenvalue weighted by molar-refractivity contribution is 5.94. The van der Waals surface area contributed by atoms with Crippen molar-refractivity contribution in [2.45, 2.75) is 127 Å². The summed E-state index contributed by atoms with van der Waals surface area (Å²) in [5.74, 6) is -8.93. The number of aliphatic carboxylic acids is 3. The highest BCUT2D eigenvalue weighted by Gasteiger charge is 2.75. The van der Waals surface area contributed by atoms with Crippen LogP contribution in [-0.4, -0.2) is 43.9 Å². The normalized spacial score (nSPS) is 19.7. The van der Waals surface area contributed by atoms with Crippen LogP contribution >= 0.6 is 0 Å². The van der Waals surface area contributed by atoms with Gasteiger partial charge in [0.1, 0.15) is 11.3 Å². The second-order valence-corrected chi connectivity index (χ2v) is 13.0. The maximum atomic E-state index is 13.8. The molecule has 0 aromatic rings. The molecule has 0 aliphatic heterocycles. The van der Waals surface area contributed by atoms with Gasteiger partial charge in [-0.1, -0.05) is 122 Å². The quantitative estimate of drug-likeness (QED) is 0.160. The average molecular weight is 529 g/mol. The Morgan fingerprint density at radius 1 is 0.595 bits per heavy atom. The number of carbonyl (C=O) groups is 3. The van der Waals surface area contributed by atoms with Crippen molar-refractivity contribution in [1.29, 1.82) is 0 Å². The summed E-state index contributed by atoms with van der Waals surface area (Å²) >= 11 is 0. The van der Waals surface area contributed by atoms with Crippen molar-refractivity contribution >= 4 is 17.9 Å². The van der Waals surface area contributed by atoms with E-state index >= 15 is 0 Å². The van der Waals surface area contributed by atoms with Crippen LogP contribution in [0.5, 0.6) is 0 Å². The molecule has 37 heavy (non-hydrogen) atoms. The average Bonchev–Trinajstić information content (AvgIpc) is 2.80. The number of rotatable bonds is 17. The van der Waals surface area contributed by atoms with Crippen LogP contribution in [0.4, 0.5) is 0 Å². The van der Waals surface area contributed by atoms with Gasteiger partial charge in [0, 0.05) is 0 Å². The molecule has 0 saturated carbocycles. The second-order valence-electron chi connectivity index (χ2n) is 13.0. The van der Waals surface area contributed by atoms with Gasteiger partial charge >= 0.3 is 17.9 Å². The second kappa shape index (κ2) is 12.5. The zero-order valence-corrected chi connectivity index (χ0v) is 25.6. The molecule has 0 rings (SSSR count). The highest BCUT2D eigenvalue weighted by Crippen LogP contribution is 2.63. The van der Waals surface area contributed by atoms with Crippen molar-refractivity contribution in [3.63, 3.8) is 0 Å². The topological polar surface area (TPSA) is 132 Å². The Labute approximate surface area is 225 Å². The Morgan fingerprint density at radius 3 is 1.14 bits per heavy atom. The van der Waals surface area contributed by atoms with E-state index in [0.29, 0.717) is 19.3 Å². The van der Waals surface area contributed by atoms with E-state index in [1.165, 1.54) is 0 Å². The lowest BCUT2D eigenvalue weighted by molar-refractivity contribution is -0.247. The minimum Gasteiger partial charge on any atom is -0.481 e. The molecule has 0 amide bonds. The zero-order valence-electron chi connectivity index (χ0n) is 25.6. The van der Waals surface area contributed by atoms with E-state index in [0.717, 1.165) is 0 Å². The van der Waals surface area contributed by atoms with E-state index in [4.69, 9.17) is 0 Å². The van der Waals surface area contributed by atoms with Crippen LogP contribution < -0.4 is 0 Å². The molecule has 0 aromatic carbocycles. The van der Waals surface area contributed by atoms with Crippen LogP contribution in [-0.2, 0) is 14.4 Å². The Bertz CT molecular complexity index is 774. The number of carboxylic acids is 3. The lowest BCUT2D eigenvalue weighted by Crippen LogP contribution is -2.73. The predicted octanol–water partition coefficient (Wildman–Crippen LogP) is 6.96. The number of hydrogen-bond acceptors (Lipinski definition) is 4. The summed E-state index contributed by atoms with van der Waals surface area (Å²) < 4.78 is 0. The Hall–Kier alpha value is -1.63. The van der Waals surface area contributed by atoms with Gasteiger partial charge in [0.05, 0.1) is 0 Å². The van der Waals surface area contributed by atoms with Crippen LogP contribution in [0.15, 0.2) is 0 Å². The van der Waals surface area contributed by atoms with E-state index in [1.54, 1.807) is 6.92 Å². The molecule has 5 unspecified atom stereocenters. The maximum absolute atomic E-state index is 13.8. The van der Waals surface area contributed by atoms with E-state index in [-0.39, 0.29) is 19.3 Å². The highest BCUT2D eigenvalue weighted by atomic mass is 16.4. The summed E-state index contributed by atoms with van der Waals surface area (Å²) in [5, 5.41) is 45.6. The van der Waals surface area contributed by atoms with Gasteiger partial charge in [0.15, 0.2) is 5.60 Å². The minimum absolute atomic E-state index is 0.277. The molecule has 0 aromatic heterocycles. The monoisotopic (exact) mass is 528 g/mol. The molecule has 7 nitrogen and oxygen atoms in total. The van der Waals surface area contributed by atoms with Gasteiger partial charge in [0.2, 0.25) is 0 Å². The molecule has 218 valence electrons. The first-order chi connectivity index (χ1) is 16.7. The summed E-state index contributed by atoms with van der Waals surface area (Å²) in [5.41, 5.74) is -7.40. The number of hydrogen-bond donors (Lipinski definition) is 4. The van der Waals surface area contributed by atoms with Crippen LogP contribution in [0.3, 0.4) is 0 Å². The molecule has 0 bridgehead atoms. The first-order valence-corrected chi connectivity index (χ1v) is 14.1. The molecule has 0 aliphatic carbocycles. The Balaban J connectivity index is 8.48. The first kappa shape index (κ1) is 35.4. The van der Waals surface area contributed by atoms with Gasteiger partial charge in [-0.05, 0) is 34.0 Å². The smallest absolute Gasteiger partial charge is 0.337 e. The van der Waals surface area contributed by atoms with Gasteiger partial charge < -0.3 is 20.4 Å². The van der Waals surface area contributed by atoms with Crippen LogP contribution in [0.25, 0.3) is 0 Å². The van der Waals surface area contributed by atoms with Gasteiger partial charge in [-0.15, -0.1) is 0 Å². The third kappa shape index (κ3) is 5.86. The molecule has 0 fully saturated rings. The van der Waals surface area contributed by atoms with E-state index in [2.05, 4.69) is 0 Å². The number of carboxylic acid groups (broad SMARTS) is 3. The summed E-state index contributed by atoms with van der Waals surface area (Å²) in [6.45, 7) is 22.5. The van der Waals surface area contributed by atoms with E-state index < -0.39 is 68.8 Å². The predicted molar refractivity (Wildman–Crippen MR) is 147 cm³/mol. The van der Waals surface area contributed by atoms with Crippen LogP contribution in [0, 0.1) is 45.3 Å². The minimum atomic E-state index is -3.07. The fourth-order valence-electron chi connectivity index (χ4n) is 7.42. The standard InChI is InChI=1S/C30H56O7/c1-13-19(26(7,8)16-4)22(23(31)32)30(37,25(35)36)29(24(33)34,20(14-2)27(9,10)17-5)21(15-3)28(11,12)18-6/h19-22,37H,13-18H2,1-12H3,(H,31,32)(H,33,34)(H,35,36). The van der Waals surface area contributed by atoms with Gasteiger partial charge in [-0.2, -0.15) is 0 Å². The van der Waals surface area contributed by atoms with Crippen molar-refractivity contribution in [3.8, 4) is 0 Å². The lowest BCUT2D eigenvalue weighted by Gasteiger charge is -2.60. The van der Waals surface area contributed by atoms with E-state index in [1.807, 2.05) is 76.2 Å². The molecule has 0 radical (unpaired) electrons. The van der Waals surface area contributed by atoms with Gasteiger partial charge in [-0.3, -0.25) is 9.59 Å². The van der Waals surface area contributed by atoms with Crippen LogP contribution in [0.1, 0.15) is 122 Å². The zero-order chi connectivity index (χ0) is 29.8. The fraction of sp³-hybridized carbons (Fsp3) is 0.900. The molecule has 4 N–H and O–H groups in total. The number of aliphatic hydroxyl groups is 1. The van der Waals surface area contributed by atoms with Crippen molar-refractivity contribution < 1.29 is 34.8 Å². The van der Waals surface area contributed by atoms with Crippen molar-refractivity contribution in [2.75, 3.05) is 0 Å². The third-order valence-electron chi connectivity index (χ3n) is 10.4. The molecular formula is C30H56O7. The van der Waals surface area contributed by atoms with Crippen molar-refractivity contribution in [1.82, 2.24) is 0 Å². The van der Waals surface area contributed by atoms with Crippen LogP contribution in [0.2, 0.25) is 0 Å². The molecule has 0 heterocycles. The molecular weight excluding hydrogens is 472 g/mol. The first-order valence-electron chi connectivity index (χ1n) is 14.1. The lowest BCUT2D eigenvalue weighted by atomic mass is 9.42. The SMILES string of the molecule is CCC(C(C(=O)O)C(O)(C(=O)O)C(C(=O)O)(C(CC)C(C)(C)CC)C(CC)C(C)(C)CC)C(C)(C)CC. The summed E-state index contributed by atoms with van der Waals surface area (Å²) in [7, 11) is 0.